The van der Waals surface area contributed by atoms with Gasteiger partial charge in [0, 0.05) is 30.9 Å². The fourth-order valence-corrected chi connectivity index (χ4v) is 3.91. The number of hydrogen-bond acceptors (Lipinski definition) is 9. The number of halogens is 3. The summed E-state index contributed by atoms with van der Waals surface area (Å²) in [7, 11) is 0. The number of imidazole rings is 2. The highest BCUT2D eigenvalue weighted by Crippen LogP contribution is 2.25. The smallest absolute Gasteiger partial charge is 0.481 e. The fourth-order valence-electron chi connectivity index (χ4n) is 3.91. The summed E-state index contributed by atoms with van der Waals surface area (Å²) < 4.78 is 38.4. The molecule has 0 saturated carbocycles. The van der Waals surface area contributed by atoms with E-state index in [2.05, 4.69) is 30.5 Å². The van der Waals surface area contributed by atoms with Crippen molar-refractivity contribution in [2.75, 3.05) is 31.6 Å². The van der Waals surface area contributed by atoms with Gasteiger partial charge in [0.15, 0.2) is 5.82 Å². The zero-order chi connectivity index (χ0) is 33.1. The van der Waals surface area contributed by atoms with Crippen LogP contribution in [-0.4, -0.2) is 108 Å². The fraction of sp³-hybridized carbons (Fsp3) is 0.346. The number of benzene rings is 1. The van der Waals surface area contributed by atoms with Crippen LogP contribution >= 0.6 is 0 Å². The van der Waals surface area contributed by atoms with Gasteiger partial charge >= 0.3 is 24.1 Å². The molecular weight excluding hydrogens is 611 g/mol. The number of amides is 2. The van der Waals surface area contributed by atoms with Crippen LogP contribution in [0.25, 0.3) is 11.5 Å². The molecule has 0 unspecified atom stereocenters. The van der Waals surface area contributed by atoms with E-state index >= 15 is 0 Å². The van der Waals surface area contributed by atoms with E-state index in [1.807, 2.05) is 0 Å². The Morgan fingerprint density at radius 3 is 2.24 bits per heavy atom. The number of H-pyrrole nitrogens is 1. The average molecular weight is 640 g/mol. The van der Waals surface area contributed by atoms with Crippen LogP contribution in [0.3, 0.4) is 0 Å². The monoisotopic (exact) mass is 639 g/mol. The van der Waals surface area contributed by atoms with Crippen molar-refractivity contribution in [3.05, 3.63) is 54.1 Å². The third-order valence-corrected chi connectivity index (χ3v) is 6.02. The van der Waals surface area contributed by atoms with Crippen LogP contribution in [0.5, 0.6) is 0 Å². The number of aromatic nitrogens is 4. The van der Waals surface area contributed by atoms with Crippen molar-refractivity contribution in [1.82, 2.24) is 29.7 Å². The van der Waals surface area contributed by atoms with Crippen molar-refractivity contribution in [3.8, 4) is 11.5 Å². The molecule has 1 aliphatic heterocycles. The van der Waals surface area contributed by atoms with Crippen molar-refractivity contribution < 1.29 is 57.2 Å². The molecule has 6 N–H and O–H groups in total. The molecule has 0 aliphatic carbocycles. The zero-order valence-corrected chi connectivity index (χ0v) is 23.3. The van der Waals surface area contributed by atoms with Gasteiger partial charge < -0.3 is 40.2 Å². The first-order chi connectivity index (χ1) is 21.2. The Morgan fingerprint density at radius 1 is 1.02 bits per heavy atom. The molecule has 2 aromatic heterocycles. The molecule has 0 bridgehead atoms. The lowest BCUT2D eigenvalue weighted by molar-refractivity contribution is -0.192. The number of anilines is 1. The van der Waals surface area contributed by atoms with E-state index in [4.69, 9.17) is 19.7 Å². The molecule has 3 heterocycles. The molecule has 1 atom stereocenters. The second-order valence-electron chi connectivity index (χ2n) is 9.39. The average Bonchev–Trinajstić information content (AvgIpc) is 3.59. The molecule has 1 aromatic carbocycles. The van der Waals surface area contributed by atoms with Crippen LogP contribution < -0.4 is 10.6 Å². The molecule has 2 amide bonds. The number of nitrogens with one attached hydrogen (secondary N) is 3. The van der Waals surface area contributed by atoms with Crippen LogP contribution in [0.15, 0.2) is 42.9 Å². The van der Waals surface area contributed by atoms with Gasteiger partial charge in [0.2, 0.25) is 5.91 Å². The number of nitrogens with zero attached hydrogens (tertiary/aromatic N) is 4. The predicted octanol–water partition coefficient (Wildman–Crippen LogP) is 1.04. The molecule has 1 aliphatic rings. The third-order valence-electron chi connectivity index (χ3n) is 6.02. The Balaban J connectivity index is 0.000000707. The summed E-state index contributed by atoms with van der Waals surface area (Å²) in [4.78, 5) is 70.9. The Labute approximate surface area is 251 Å². The van der Waals surface area contributed by atoms with E-state index in [0.29, 0.717) is 31.1 Å². The van der Waals surface area contributed by atoms with Crippen molar-refractivity contribution in [2.45, 2.75) is 31.7 Å². The van der Waals surface area contributed by atoms with Crippen molar-refractivity contribution in [1.29, 1.82) is 0 Å². The minimum Gasteiger partial charge on any atom is -0.481 e. The molecule has 1 saturated heterocycles. The lowest BCUT2D eigenvalue weighted by Crippen LogP contribution is -2.43. The van der Waals surface area contributed by atoms with Crippen LogP contribution in [0.2, 0.25) is 0 Å². The largest absolute Gasteiger partial charge is 0.490 e. The number of carbonyl (C=O) groups excluding carboxylic acids is 2. The van der Waals surface area contributed by atoms with Gasteiger partial charge in [-0.3, -0.25) is 19.3 Å². The molecule has 45 heavy (non-hydrogen) atoms. The SMILES string of the molecule is O=C(O)C(F)(F)F.O=C(O)C[C@H](NC(=O)Cn1cnc(-c2ncc(CN3CCOCC3)[nH]2)c1NC(=O)c1ccccc1)C(=O)O. The van der Waals surface area contributed by atoms with Crippen LogP contribution in [-0.2, 0) is 37.0 Å². The summed E-state index contributed by atoms with van der Waals surface area (Å²) in [6.07, 6.45) is -2.89. The highest BCUT2D eigenvalue weighted by molar-refractivity contribution is 6.05. The second-order valence-corrected chi connectivity index (χ2v) is 9.39. The minimum absolute atomic E-state index is 0.159. The van der Waals surface area contributed by atoms with Gasteiger partial charge in [-0.05, 0) is 12.1 Å². The highest BCUT2D eigenvalue weighted by Gasteiger charge is 2.38. The molecule has 19 heteroatoms. The zero-order valence-electron chi connectivity index (χ0n) is 23.3. The molecule has 0 spiro atoms. The summed E-state index contributed by atoms with van der Waals surface area (Å²) in [5.74, 6) is -6.31. The molecule has 242 valence electrons. The number of carboxylic acid groups (broad SMARTS) is 3. The van der Waals surface area contributed by atoms with E-state index in [1.165, 1.54) is 10.9 Å². The number of carbonyl (C=O) groups is 5. The van der Waals surface area contributed by atoms with Gasteiger partial charge in [0.1, 0.15) is 24.1 Å². The number of morpholine rings is 1. The maximum absolute atomic E-state index is 12.9. The maximum atomic E-state index is 12.9. The van der Waals surface area contributed by atoms with Crippen LogP contribution in [0, 0.1) is 0 Å². The quantitative estimate of drug-likeness (QED) is 0.173. The Morgan fingerprint density at radius 2 is 1.67 bits per heavy atom. The summed E-state index contributed by atoms with van der Waals surface area (Å²) in [6.45, 7) is 3.07. The van der Waals surface area contributed by atoms with Gasteiger partial charge in [-0.25, -0.2) is 19.6 Å². The Hall–Kier alpha value is -5.30. The topological polar surface area (TPSA) is 229 Å². The first-order valence-electron chi connectivity index (χ1n) is 13.0. The number of hydrogen-bond donors (Lipinski definition) is 6. The highest BCUT2D eigenvalue weighted by atomic mass is 19.4. The number of aromatic amines is 1. The van der Waals surface area contributed by atoms with E-state index in [9.17, 15) is 37.5 Å². The summed E-state index contributed by atoms with van der Waals surface area (Å²) in [6, 6.07) is 6.82. The lowest BCUT2D eigenvalue weighted by Gasteiger charge is -2.25. The van der Waals surface area contributed by atoms with Crippen molar-refractivity contribution in [2.24, 2.45) is 0 Å². The normalized spacial score (nSPS) is 14.0. The second kappa shape index (κ2) is 15.4. The number of aliphatic carboxylic acids is 3. The Kier molecular flexibility index (Phi) is 11.7. The maximum Gasteiger partial charge on any atom is 0.490 e. The summed E-state index contributed by atoms with van der Waals surface area (Å²) in [5.41, 5.74) is 1.47. The van der Waals surface area contributed by atoms with E-state index in [1.54, 1.807) is 36.5 Å². The first kappa shape index (κ1) is 34.2. The number of carboxylic acids is 3. The molecule has 1 fully saturated rings. The standard InChI is InChI=1S/C24H27N7O7.C2HF3O2/c32-18(28-17(24(36)37)10-19(33)34)13-31-14-26-20(22(31)29-23(35)15-4-2-1-3-5-15)21-25-11-16(27-21)12-30-6-8-38-9-7-30;3-2(4,5)1(6)7/h1-5,11,14,17H,6-10,12-13H2,(H,25,27)(H,28,32)(H,29,35)(H,33,34)(H,36,37);(H,6,7)/t17-;/m0./s1. The van der Waals surface area contributed by atoms with E-state index in [-0.39, 0.29) is 11.5 Å². The number of rotatable bonds is 11. The molecule has 16 nitrogen and oxygen atoms in total. The predicted molar refractivity (Wildman–Crippen MR) is 146 cm³/mol. The minimum atomic E-state index is -5.08. The molecule has 4 rings (SSSR count). The van der Waals surface area contributed by atoms with Crippen LogP contribution in [0.1, 0.15) is 22.5 Å². The van der Waals surface area contributed by atoms with Crippen molar-refractivity contribution >= 4 is 35.5 Å². The molecule has 0 radical (unpaired) electrons. The van der Waals surface area contributed by atoms with Gasteiger partial charge in [-0.15, -0.1) is 0 Å². The summed E-state index contributed by atoms with van der Waals surface area (Å²) >= 11 is 0. The number of alkyl halides is 3. The first-order valence-corrected chi connectivity index (χ1v) is 13.0. The van der Waals surface area contributed by atoms with Gasteiger partial charge in [-0.1, -0.05) is 18.2 Å². The van der Waals surface area contributed by atoms with E-state index in [0.717, 1.165) is 18.8 Å². The lowest BCUT2D eigenvalue weighted by atomic mass is 10.2. The molecular formula is C26H28F3N7O9. The Bertz CT molecular complexity index is 1500. The van der Waals surface area contributed by atoms with Gasteiger partial charge in [-0.2, -0.15) is 13.2 Å². The van der Waals surface area contributed by atoms with Gasteiger partial charge in [0.25, 0.3) is 5.91 Å². The number of ether oxygens (including phenoxy) is 1. The van der Waals surface area contributed by atoms with Crippen molar-refractivity contribution in [3.63, 3.8) is 0 Å². The van der Waals surface area contributed by atoms with Gasteiger partial charge in [0.05, 0.1) is 32.2 Å². The third kappa shape index (κ3) is 10.4. The van der Waals surface area contributed by atoms with Crippen LogP contribution in [0.4, 0.5) is 19.0 Å². The molecule has 3 aromatic rings. The summed E-state index contributed by atoms with van der Waals surface area (Å²) in [5, 5.41) is 30.2. The van der Waals surface area contributed by atoms with E-state index < -0.39 is 54.9 Å².